The summed E-state index contributed by atoms with van der Waals surface area (Å²) in [6.07, 6.45) is 21.6. The molecule has 0 aliphatic rings. The van der Waals surface area contributed by atoms with Gasteiger partial charge in [-0.3, -0.25) is 0 Å². The molecular formula is C34H54N2O4. The number of rotatable bonds is 26. The van der Waals surface area contributed by atoms with Crippen LogP contribution in [-0.2, 0) is 0 Å². The predicted molar refractivity (Wildman–Crippen MR) is 165 cm³/mol. The smallest absolute Gasteiger partial charge is 0.119 e. The topological polar surface area (TPSA) is 83.6 Å². The van der Waals surface area contributed by atoms with Crippen LogP contribution in [-0.4, -0.2) is 36.6 Å². The van der Waals surface area contributed by atoms with Crippen LogP contribution in [0.1, 0.15) is 116 Å². The molecule has 6 heteroatoms. The maximum Gasteiger partial charge on any atom is 0.119 e. The van der Waals surface area contributed by atoms with Crippen molar-refractivity contribution in [1.29, 1.82) is 0 Å². The van der Waals surface area contributed by atoms with Gasteiger partial charge in [0.2, 0.25) is 0 Å². The third-order valence-corrected chi connectivity index (χ3v) is 7.10. The Labute approximate surface area is 243 Å². The minimum Gasteiger partial charge on any atom is -0.494 e. The second kappa shape index (κ2) is 24.4. The first-order valence-electron chi connectivity index (χ1n) is 15.9. The number of benzene rings is 2. The van der Waals surface area contributed by atoms with E-state index >= 15 is 0 Å². The molecule has 0 atom stereocenters. The van der Waals surface area contributed by atoms with Gasteiger partial charge in [-0.05, 0) is 74.2 Å². The van der Waals surface area contributed by atoms with Gasteiger partial charge in [0.25, 0.3) is 0 Å². The Morgan fingerprint density at radius 1 is 0.375 bits per heavy atom. The summed E-state index contributed by atoms with van der Waals surface area (Å²) >= 11 is 0. The first-order valence-corrected chi connectivity index (χ1v) is 15.9. The van der Waals surface area contributed by atoms with E-state index in [2.05, 4.69) is 10.2 Å². The van der Waals surface area contributed by atoms with Gasteiger partial charge in [-0.2, -0.15) is 10.2 Å². The van der Waals surface area contributed by atoms with E-state index in [1.165, 1.54) is 77.0 Å². The van der Waals surface area contributed by atoms with Gasteiger partial charge >= 0.3 is 0 Å². The third-order valence-electron chi connectivity index (χ3n) is 7.10. The molecule has 0 spiro atoms. The zero-order chi connectivity index (χ0) is 28.4. The number of hydrogen-bond acceptors (Lipinski definition) is 6. The van der Waals surface area contributed by atoms with Crippen molar-refractivity contribution in [3.63, 3.8) is 0 Å². The Bertz CT molecular complexity index is 784. The molecule has 2 N–H and O–H groups in total. The van der Waals surface area contributed by atoms with Crippen LogP contribution in [0.5, 0.6) is 11.5 Å². The van der Waals surface area contributed by atoms with Crippen LogP contribution in [0.25, 0.3) is 0 Å². The lowest BCUT2D eigenvalue weighted by atomic mass is 10.1. The van der Waals surface area contributed by atoms with Crippen LogP contribution >= 0.6 is 0 Å². The Hall–Kier alpha value is -2.44. The molecule has 0 heterocycles. The van der Waals surface area contributed by atoms with E-state index in [4.69, 9.17) is 19.7 Å². The summed E-state index contributed by atoms with van der Waals surface area (Å²) in [6.45, 7) is 2.15. The second-order valence-electron chi connectivity index (χ2n) is 10.7. The molecule has 2 rings (SSSR count). The number of hydrogen-bond donors (Lipinski definition) is 2. The van der Waals surface area contributed by atoms with Crippen molar-refractivity contribution < 1.29 is 19.7 Å². The average molecular weight is 555 g/mol. The number of aliphatic hydroxyl groups excluding tert-OH is 2. The largest absolute Gasteiger partial charge is 0.494 e. The number of nitrogens with zero attached hydrogens (tertiary/aromatic N) is 2. The molecule has 2 aromatic carbocycles. The third kappa shape index (κ3) is 18.0. The van der Waals surface area contributed by atoms with E-state index in [9.17, 15) is 0 Å². The molecule has 0 aliphatic heterocycles. The van der Waals surface area contributed by atoms with Crippen molar-refractivity contribution >= 4 is 11.4 Å². The van der Waals surface area contributed by atoms with E-state index in [0.717, 1.165) is 74.6 Å². The Kier molecular flexibility index (Phi) is 20.6. The van der Waals surface area contributed by atoms with E-state index < -0.39 is 0 Å². The molecule has 0 unspecified atom stereocenters. The number of unbranched alkanes of at least 4 members (excludes halogenated alkanes) is 16. The summed E-state index contributed by atoms with van der Waals surface area (Å²) in [5, 5.41) is 26.3. The van der Waals surface area contributed by atoms with E-state index in [1.54, 1.807) is 0 Å². The Balaban J connectivity index is 1.50. The molecule has 6 nitrogen and oxygen atoms in total. The molecule has 224 valence electrons. The monoisotopic (exact) mass is 554 g/mol. The van der Waals surface area contributed by atoms with Crippen LogP contribution in [0.2, 0.25) is 0 Å². The molecule has 0 saturated heterocycles. The lowest BCUT2D eigenvalue weighted by Crippen LogP contribution is -1.97. The zero-order valence-electron chi connectivity index (χ0n) is 24.8. The van der Waals surface area contributed by atoms with Gasteiger partial charge < -0.3 is 19.7 Å². The highest BCUT2D eigenvalue weighted by atomic mass is 16.5. The van der Waals surface area contributed by atoms with Crippen molar-refractivity contribution in [3.05, 3.63) is 48.5 Å². The highest BCUT2D eigenvalue weighted by molar-refractivity contribution is 5.44. The number of aliphatic hydroxyl groups is 2. The molecule has 0 fully saturated rings. The lowest BCUT2D eigenvalue weighted by Gasteiger charge is -2.07. The molecule has 0 saturated carbocycles. The Morgan fingerprint density at radius 2 is 0.650 bits per heavy atom. The van der Waals surface area contributed by atoms with Gasteiger partial charge in [-0.25, -0.2) is 0 Å². The lowest BCUT2D eigenvalue weighted by molar-refractivity contribution is 0.282. The number of ether oxygens (including phenoxy) is 2. The fourth-order valence-corrected chi connectivity index (χ4v) is 4.62. The first kappa shape index (κ1) is 33.8. The normalized spacial score (nSPS) is 11.3. The molecule has 0 aromatic heterocycles. The standard InChI is InChI=1S/C34H54N2O4/c37-27-15-11-7-3-1-5-9-13-17-29-39-33-23-19-31(20-24-33)35-36-32-21-25-34(26-22-32)40-30-18-14-10-6-2-4-8-12-16-28-38/h19-26,37-38H,1-18,27-30H2. The van der Waals surface area contributed by atoms with E-state index in [1.807, 2.05) is 48.5 Å². The summed E-state index contributed by atoms with van der Waals surface area (Å²) in [5.41, 5.74) is 1.61. The Morgan fingerprint density at radius 3 is 0.950 bits per heavy atom. The fraction of sp³-hybridized carbons (Fsp3) is 0.647. The number of azo groups is 1. The zero-order valence-corrected chi connectivity index (χ0v) is 24.8. The maximum atomic E-state index is 8.79. The molecule has 40 heavy (non-hydrogen) atoms. The quantitative estimate of drug-likeness (QED) is 0.0895. The molecule has 0 amide bonds. The van der Waals surface area contributed by atoms with Gasteiger partial charge in [-0.1, -0.05) is 89.9 Å². The van der Waals surface area contributed by atoms with Crippen LogP contribution in [0, 0.1) is 0 Å². The summed E-state index contributed by atoms with van der Waals surface area (Å²) in [4.78, 5) is 0. The van der Waals surface area contributed by atoms with Crippen LogP contribution < -0.4 is 9.47 Å². The van der Waals surface area contributed by atoms with Gasteiger partial charge in [0.05, 0.1) is 24.6 Å². The minimum atomic E-state index is 0.327. The molecule has 0 aliphatic carbocycles. The van der Waals surface area contributed by atoms with Gasteiger partial charge in [0, 0.05) is 13.2 Å². The molecule has 2 aromatic rings. The highest BCUT2D eigenvalue weighted by Gasteiger charge is 1.99. The van der Waals surface area contributed by atoms with E-state index in [-0.39, 0.29) is 0 Å². The van der Waals surface area contributed by atoms with Crippen LogP contribution in [0.4, 0.5) is 11.4 Å². The molecular weight excluding hydrogens is 500 g/mol. The summed E-state index contributed by atoms with van der Waals surface area (Å²) in [7, 11) is 0. The van der Waals surface area contributed by atoms with Gasteiger partial charge in [0.15, 0.2) is 0 Å². The van der Waals surface area contributed by atoms with Crippen molar-refractivity contribution in [2.24, 2.45) is 10.2 Å². The van der Waals surface area contributed by atoms with Crippen molar-refractivity contribution in [3.8, 4) is 11.5 Å². The predicted octanol–water partition coefficient (Wildman–Crippen LogP) is 9.87. The summed E-state index contributed by atoms with van der Waals surface area (Å²) < 4.78 is 11.7. The van der Waals surface area contributed by atoms with Gasteiger partial charge in [0.1, 0.15) is 11.5 Å². The van der Waals surface area contributed by atoms with E-state index in [0.29, 0.717) is 13.2 Å². The summed E-state index contributed by atoms with van der Waals surface area (Å²) in [6, 6.07) is 15.6. The SMILES string of the molecule is OCCCCCCCCCCCOc1ccc(N=Nc2ccc(OCCCCCCCCCCCO)cc2)cc1. The van der Waals surface area contributed by atoms with Gasteiger partial charge in [-0.15, -0.1) is 0 Å². The fourth-order valence-electron chi connectivity index (χ4n) is 4.62. The minimum absolute atomic E-state index is 0.327. The average Bonchev–Trinajstić information content (AvgIpc) is 2.99. The van der Waals surface area contributed by atoms with Crippen molar-refractivity contribution in [2.45, 2.75) is 116 Å². The molecule has 0 radical (unpaired) electrons. The maximum absolute atomic E-state index is 8.79. The molecule has 0 bridgehead atoms. The highest BCUT2D eigenvalue weighted by Crippen LogP contribution is 2.23. The first-order chi connectivity index (χ1) is 19.8. The van der Waals surface area contributed by atoms with Crippen LogP contribution in [0.15, 0.2) is 58.8 Å². The summed E-state index contributed by atoms with van der Waals surface area (Å²) in [5.74, 6) is 1.75. The van der Waals surface area contributed by atoms with Crippen molar-refractivity contribution in [1.82, 2.24) is 0 Å². The van der Waals surface area contributed by atoms with Crippen molar-refractivity contribution in [2.75, 3.05) is 26.4 Å². The second-order valence-corrected chi connectivity index (χ2v) is 10.7. The van der Waals surface area contributed by atoms with Crippen LogP contribution in [0.3, 0.4) is 0 Å².